The minimum absolute atomic E-state index is 0.153. The Bertz CT molecular complexity index is 248. The van der Waals surface area contributed by atoms with E-state index in [9.17, 15) is 4.79 Å². The first-order valence-corrected chi connectivity index (χ1v) is 6.67. The van der Waals surface area contributed by atoms with E-state index in [2.05, 4.69) is 19.2 Å². The summed E-state index contributed by atoms with van der Waals surface area (Å²) in [6.45, 7) is 9.91. The van der Waals surface area contributed by atoms with E-state index in [0.29, 0.717) is 5.92 Å². The van der Waals surface area contributed by atoms with Gasteiger partial charge in [0.1, 0.15) is 5.60 Å². The van der Waals surface area contributed by atoms with Crippen LogP contribution in [-0.4, -0.2) is 37.9 Å². The maximum atomic E-state index is 11.8. The highest BCUT2D eigenvalue weighted by atomic mass is 16.6. The van der Waals surface area contributed by atoms with Gasteiger partial charge < -0.3 is 14.8 Å². The van der Waals surface area contributed by atoms with Crippen LogP contribution in [0.1, 0.15) is 47.5 Å². The monoisotopic (exact) mass is 259 g/mol. The van der Waals surface area contributed by atoms with Gasteiger partial charge in [-0.2, -0.15) is 0 Å². The molecule has 108 valence electrons. The van der Waals surface area contributed by atoms with E-state index in [0.717, 1.165) is 6.42 Å². The Balaban J connectivity index is 4.53. The summed E-state index contributed by atoms with van der Waals surface area (Å²) >= 11 is 0. The van der Waals surface area contributed by atoms with Gasteiger partial charge >= 0.3 is 5.97 Å². The minimum Gasteiger partial charge on any atom is -0.460 e. The molecule has 0 heterocycles. The molecule has 0 saturated carbocycles. The Kier molecular flexibility index (Phi) is 7.48. The molecule has 1 unspecified atom stereocenters. The summed E-state index contributed by atoms with van der Waals surface area (Å²) in [5, 5.41) is 3.24. The molecule has 4 heteroatoms. The van der Waals surface area contributed by atoms with Crippen molar-refractivity contribution < 1.29 is 14.3 Å². The van der Waals surface area contributed by atoms with Crippen molar-refractivity contribution in [2.75, 3.05) is 14.2 Å². The lowest BCUT2D eigenvalue weighted by molar-refractivity contribution is -0.158. The molecule has 0 bridgehead atoms. The second-order valence-electron chi connectivity index (χ2n) is 5.76. The quantitative estimate of drug-likeness (QED) is 0.713. The maximum Gasteiger partial charge on any atom is 0.309 e. The van der Waals surface area contributed by atoms with Crippen molar-refractivity contribution in [3.63, 3.8) is 0 Å². The Morgan fingerprint density at radius 2 is 1.89 bits per heavy atom. The average Bonchev–Trinajstić information content (AvgIpc) is 2.25. The lowest BCUT2D eigenvalue weighted by Gasteiger charge is -2.30. The third-order valence-electron chi connectivity index (χ3n) is 3.08. The highest BCUT2D eigenvalue weighted by Crippen LogP contribution is 2.18. The summed E-state index contributed by atoms with van der Waals surface area (Å²) in [5.41, 5.74) is -0.444. The number of ether oxygens (including phenoxy) is 2. The topological polar surface area (TPSA) is 47.6 Å². The summed E-state index contributed by atoms with van der Waals surface area (Å²) < 4.78 is 10.8. The van der Waals surface area contributed by atoms with Crippen LogP contribution in [0.5, 0.6) is 0 Å². The normalized spacial score (nSPS) is 17.1. The zero-order valence-electron chi connectivity index (χ0n) is 12.9. The van der Waals surface area contributed by atoms with Crippen LogP contribution in [0.3, 0.4) is 0 Å². The summed E-state index contributed by atoms with van der Waals surface area (Å²) in [7, 11) is 3.54. The van der Waals surface area contributed by atoms with Gasteiger partial charge in [0.15, 0.2) is 0 Å². The minimum atomic E-state index is -0.444. The molecule has 0 aromatic carbocycles. The van der Waals surface area contributed by atoms with Crippen molar-refractivity contribution in [2.24, 2.45) is 5.92 Å². The van der Waals surface area contributed by atoms with Crippen LogP contribution < -0.4 is 5.32 Å². The van der Waals surface area contributed by atoms with Crippen LogP contribution in [-0.2, 0) is 14.3 Å². The number of hydrogen-bond donors (Lipinski definition) is 1. The Labute approximate surface area is 111 Å². The molecule has 18 heavy (non-hydrogen) atoms. The van der Waals surface area contributed by atoms with Gasteiger partial charge in [0.25, 0.3) is 0 Å². The first kappa shape index (κ1) is 17.4. The highest BCUT2D eigenvalue weighted by molar-refractivity contribution is 5.70. The fourth-order valence-corrected chi connectivity index (χ4v) is 2.00. The van der Waals surface area contributed by atoms with Crippen LogP contribution >= 0.6 is 0 Å². The van der Waals surface area contributed by atoms with E-state index in [-0.39, 0.29) is 24.5 Å². The number of hydrogen-bond acceptors (Lipinski definition) is 4. The van der Waals surface area contributed by atoms with Crippen molar-refractivity contribution in [2.45, 2.75) is 65.2 Å². The van der Waals surface area contributed by atoms with Gasteiger partial charge in [0.2, 0.25) is 0 Å². The lowest BCUT2D eigenvalue weighted by Crippen LogP contribution is -2.45. The zero-order valence-corrected chi connectivity index (χ0v) is 12.9. The first-order chi connectivity index (χ1) is 8.25. The lowest BCUT2D eigenvalue weighted by atomic mass is 9.92. The number of rotatable bonds is 7. The van der Waals surface area contributed by atoms with Gasteiger partial charge in [-0.15, -0.1) is 0 Å². The fourth-order valence-electron chi connectivity index (χ4n) is 2.00. The summed E-state index contributed by atoms with van der Waals surface area (Å²) in [4.78, 5) is 11.8. The smallest absolute Gasteiger partial charge is 0.309 e. The van der Waals surface area contributed by atoms with E-state index in [1.165, 1.54) is 0 Å². The Morgan fingerprint density at radius 3 is 2.22 bits per heavy atom. The third kappa shape index (κ3) is 6.36. The van der Waals surface area contributed by atoms with E-state index in [4.69, 9.17) is 9.47 Å². The molecule has 0 amide bonds. The highest BCUT2D eigenvalue weighted by Gasteiger charge is 2.28. The second kappa shape index (κ2) is 7.74. The van der Waals surface area contributed by atoms with Gasteiger partial charge in [-0.1, -0.05) is 20.3 Å². The molecule has 0 fully saturated rings. The third-order valence-corrected chi connectivity index (χ3v) is 3.08. The molecule has 0 rings (SSSR count). The average molecular weight is 259 g/mol. The van der Waals surface area contributed by atoms with Gasteiger partial charge in [0.05, 0.1) is 12.5 Å². The number of methoxy groups -OCH3 is 1. The summed E-state index contributed by atoms with van der Waals surface area (Å²) in [6, 6.07) is 0.160. The fraction of sp³-hybridized carbons (Fsp3) is 0.929. The maximum absolute atomic E-state index is 11.8. The van der Waals surface area contributed by atoms with Gasteiger partial charge in [-0.05, 0) is 33.7 Å². The van der Waals surface area contributed by atoms with E-state index < -0.39 is 5.60 Å². The Hall–Kier alpha value is -0.610. The van der Waals surface area contributed by atoms with Crippen molar-refractivity contribution in [1.82, 2.24) is 5.32 Å². The molecular formula is C14H29NO3. The molecular weight excluding hydrogens is 230 g/mol. The number of nitrogens with one attached hydrogen (secondary N) is 1. The van der Waals surface area contributed by atoms with Crippen LogP contribution in [0.15, 0.2) is 0 Å². The van der Waals surface area contributed by atoms with Gasteiger partial charge in [-0.3, -0.25) is 4.79 Å². The van der Waals surface area contributed by atoms with Crippen molar-refractivity contribution in [3.05, 3.63) is 0 Å². The van der Waals surface area contributed by atoms with E-state index in [1.54, 1.807) is 7.11 Å². The van der Waals surface area contributed by atoms with Crippen molar-refractivity contribution in [1.29, 1.82) is 0 Å². The van der Waals surface area contributed by atoms with Gasteiger partial charge in [-0.25, -0.2) is 0 Å². The van der Waals surface area contributed by atoms with Crippen molar-refractivity contribution >= 4 is 5.97 Å². The molecule has 0 radical (unpaired) electrons. The molecule has 1 N–H and O–H groups in total. The molecule has 0 aromatic rings. The molecule has 0 aromatic heterocycles. The molecule has 0 saturated heterocycles. The number of carbonyl (C=O) groups excluding carboxylic acids is 1. The first-order valence-electron chi connectivity index (χ1n) is 6.67. The molecule has 0 aliphatic carbocycles. The number of carbonyl (C=O) groups is 1. The van der Waals surface area contributed by atoms with Crippen molar-refractivity contribution in [3.8, 4) is 0 Å². The SMILES string of the molecule is CCC(C)[C@H](NC)[C@@H](CC(=O)OC(C)(C)C)OC. The summed E-state index contributed by atoms with van der Waals surface area (Å²) in [6.07, 6.45) is 1.17. The zero-order chi connectivity index (χ0) is 14.3. The molecule has 4 nitrogen and oxygen atoms in total. The molecule has 0 spiro atoms. The van der Waals surface area contributed by atoms with E-state index >= 15 is 0 Å². The standard InChI is InChI=1S/C14H29NO3/c1-8-10(2)13(15-6)11(17-7)9-12(16)18-14(3,4)5/h10-11,13,15H,8-9H2,1-7H3/t10?,11-,13+/m1/s1. The number of likely N-dealkylation sites (N-methyl/N-ethyl adjacent to an activating group) is 1. The number of esters is 1. The van der Waals surface area contributed by atoms with Crippen LogP contribution in [0.4, 0.5) is 0 Å². The predicted molar refractivity (Wildman–Crippen MR) is 73.6 cm³/mol. The molecule has 3 atom stereocenters. The molecule has 0 aliphatic heterocycles. The van der Waals surface area contributed by atoms with Crippen LogP contribution in [0, 0.1) is 5.92 Å². The van der Waals surface area contributed by atoms with E-state index in [1.807, 2.05) is 27.8 Å². The summed E-state index contributed by atoms with van der Waals surface area (Å²) in [5.74, 6) is 0.236. The van der Waals surface area contributed by atoms with Crippen LogP contribution in [0.25, 0.3) is 0 Å². The second-order valence-corrected chi connectivity index (χ2v) is 5.76. The van der Waals surface area contributed by atoms with Gasteiger partial charge in [0, 0.05) is 13.2 Å². The largest absolute Gasteiger partial charge is 0.460 e. The Morgan fingerprint density at radius 1 is 1.33 bits per heavy atom. The predicted octanol–water partition coefficient (Wildman–Crippen LogP) is 2.37. The molecule has 0 aliphatic rings. The van der Waals surface area contributed by atoms with Crippen LogP contribution in [0.2, 0.25) is 0 Å².